The number of aromatic nitrogens is 2. The zero-order chi connectivity index (χ0) is 14.2. The standard InChI is InChI=1S/C17H28N4/c1-20-9-5-13(6-10-20)7-11-21-16-4-8-18-12-15(16)19-17(21)14-2-3-14/h13-14,18H,2-12H2,1H3. The fraction of sp³-hybridized carbons (Fsp3) is 0.824. The molecule has 0 radical (unpaired) electrons. The summed E-state index contributed by atoms with van der Waals surface area (Å²) in [4.78, 5) is 7.45. The van der Waals surface area contributed by atoms with Crippen LogP contribution in [0.3, 0.4) is 0 Å². The molecule has 1 saturated carbocycles. The summed E-state index contributed by atoms with van der Waals surface area (Å²) in [5.41, 5.74) is 2.88. The molecular formula is C17H28N4. The lowest BCUT2D eigenvalue weighted by atomic mass is 9.94. The van der Waals surface area contributed by atoms with Gasteiger partial charge in [-0.2, -0.15) is 0 Å². The summed E-state index contributed by atoms with van der Waals surface area (Å²) in [5.74, 6) is 3.11. The topological polar surface area (TPSA) is 33.1 Å². The average Bonchev–Trinajstić information content (AvgIpc) is 3.29. The molecule has 1 N–H and O–H groups in total. The maximum atomic E-state index is 4.98. The molecule has 1 aliphatic carbocycles. The van der Waals surface area contributed by atoms with Crippen LogP contribution >= 0.6 is 0 Å². The van der Waals surface area contributed by atoms with Crippen molar-refractivity contribution in [3.63, 3.8) is 0 Å². The lowest BCUT2D eigenvalue weighted by molar-refractivity contribution is 0.207. The third-order valence-corrected chi connectivity index (χ3v) is 5.56. The molecule has 116 valence electrons. The summed E-state index contributed by atoms with van der Waals surface area (Å²) in [6.07, 6.45) is 8.00. The highest BCUT2D eigenvalue weighted by molar-refractivity contribution is 5.24. The van der Waals surface area contributed by atoms with E-state index in [1.165, 1.54) is 69.7 Å². The van der Waals surface area contributed by atoms with Crippen LogP contribution in [0.1, 0.15) is 55.2 Å². The van der Waals surface area contributed by atoms with Crippen LogP contribution in [0, 0.1) is 5.92 Å². The van der Waals surface area contributed by atoms with E-state index < -0.39 is 0 Å². The van der Waals surface area contributed by atoms with Crippen LogP contribution in [0.25, 0.3) is 0 Å². The third-order valence-electron chi connectivity index (χ3n) is 5.56. The molecule has 1 aromatic heterocycles. The average molecular weight is 288 g/mol. The lowest BCUT2D eigenvalue weighted by Gasteiger charge is -2.29. The number of nitrogens with zero attached hydrogens (tertiary/aromatic N) is 3. The summed E-state index contributed by atoms with van der Waals surface area (Å²) in [7, 11) is 2.25. The minimum atomic E-state index is 0.771. The molecule has 0 unspecified atom stereocenters. The molecule has 1 saturated heterocycles. The van der Waals surface area contributed by atoms with Crippen molar-refractivity contribution in [2.45, 2.75) is 57.5 Å². The summed E-state index contributed by atoms with van der Waals surface area (Å²) in [6.45, 7) is 5.88. The Morgan fingerprint density at radius 3 is 2.76 bits per heavy atom. The van der Waals surface area contributed by atoms with Crippen molar-refractivity contribution >= 4 is 0 Å². The van der Waals surface area contributed by atoms with E-state index in [9.17, 15) is 0 Å². The Labute approximate surface area is 127 Å². The number of piperidine rings is 1. The van der Waals surface area contributed by atoms with Gasteiger partial charge in [-0.1, -0.05) is 0 Å². The van der Waals surface area contributed by atoms with Gasteiger partial charge in [0.15, 0.2) is 0 Å². The number of likely N-dealkylation sites (tertiary alicyclic amines) is 1. The van der Waals surface area contributed by atoms with E-state index in [0.717, 1.165) is 24.9 Å². The minimum Gasteiger partial charge on any atom is -0.331 e. The zero-order valence-electron chi connectivity index (χ0n) is 13.3. The van der Waals surface area contributed by atoms with Gasteiger partial charge in [-0.3, -0.25) is 0 Å². The highest BCUT2D eigenvalue weighted by atomic mass is 15.1. The highest BCUT2D eigenvalue weighted by Gasteiger charge is 2.32. The monoisotopic (exact) mass is 288 g/mol. The second-order valence-corrected chi connectivity index (χ2v) is 7.25. The van der Waals surface area contributed by atoms with Gasteiger partial charge in [0.05, 0.1) is 5.69 Å². The molecule has 3 aliphatic rings. The van der Waals surface area contributed by atoms with E-state index in [0.29, 0.717) is 0 Å². The van der Waals surface area contributed by atoms with E-state index in [2.05, 4.69) is 21.8 Å². The SMILES string of the molecule is CN1CCC(CCn2c(C3CC3)nc3c2CCNC3)CC1. The van der Waals surface area contributed by atoms with Gasteiger partial charge >= 0.3 is 0 Å². The van der Waals surface area contributed by atoms with Crippen LogP contribution in [-0.2, 0) is 19.5 Å². The normalized spacial score (nSPS) is 24.2. The van der Waals surface area contributed by atoms with Crippen molar-refractivity contribution in [1.82, 2.24) is 19.8 Å². The molecule has 0 amide bonds. The first-order valence-electron chi connectivity index (χ1n) is 8.78. The van der Waals surface area contributed by atoms with E-state index >= 15 is 0 Å². The Hall–Kier alpha value is -0.870. The molecule has 2 aliphatic heterocycles. The number of rotatable bonds is 4. The van der Waals surface area contributed by atoms with E-state index in [-0.39, 0.29) is 0 Å². The quantitative estimate of drug-likeness (QED) is 0.921. The molecule has 2 fully saturated rings. The molecule has 1 aromatic rings. The van der Waals surface area contributed by atoms with Crippen LogP contribution in [0.2, 0.25) is 0 Å². The zero-order valence-corrected chi connectivity index (χ0v) is 13.3. The Morgan fingerprint density at radius 1 is 1.19 bits per heavy atom. The predicted molar refractivity (Wildman–Crippen MR) is 84.5 cm³/mol. The minimum absolute atomic E-state index is 0.771. The first-order chi connectivity index (χ1) is 10.3. The van der Waals surface area contributed by atoms with Crippen LogP contribution in [-0.4, -0.2) is 41.1 Å². The van der Waals surface area contributed by atoms with Crippen molar-refractivity contribution in [3.8, 4) is 0 Å². The van der Waals surface area contributed by atoms with Crippen molar-refractivity contribution in [1.29, 1.82) is 0 Å². The van der Waals surface area contributed by atoms with E-state index in [1.807, 2.05) is 0 Å². The van der Waals surface area contributed by atoms with Gasteiger partial charge in [0.1, 0.15) is 5.82 Å². The number of fused-ring (bicyclic) bond motifs is 1. The van der Waals surface area contributed by atoms with Gasteiger partial charge in [-0.15, -0.1) is 0 Å². The number of imidazole rings is 1. The maximum Gasteiger partial charge on any atom is 0.112 e. The summed E-state index contributed by atoms with van der Waals surface area (Å²) in [6, 6.07) is 0. The molecule has 21 heavy (non-hydrogen) atoms. The summed E-state index contributed by atoms with van der Waals surface area (Å²) >= 11 is 0. The van der Waals surface area contributed by atoms with Gasteiger partial charge < -0.3 is 14.8 Å². The first-order valence-corrected chi connectivity index (χ1v) is 8.78. The molecular weight excluding hydrogens is 260 g/mol. The Morgan fingerprint density at radius 2 is 2.00 bits per heavy atom. The number of hydrogen-bond acceptors (Lipinski definition) is 3. The van der Waals surface area contributed by atoms with Crippen molar-refractivity contribution < 1.29 is 0 Å². The van der Waals surface area contributed by atoms with Crippen molar-refractivity contribution in [2.24, 2.45) is 5.92 Å². The molecule has 3 heterocycles. The fourth-order valence-corrected chi connectivity index (χ4v) is 3.96. The molecule has 4 nitrogen and oxygen atoms in total. The molecule has 0 atom stereocenters. The third kappa shape index (κ3) is 2.88. The molecule has 0 bridgehead atoms. The molecule has 4 rings (SSSR count). The predicted octanol–water partition coefficient (Wildman–Crippen LogP) is 2.14. The van der Waals surface area contributed by atoms with Gasteiger partial charge in [0.2, 0.25) is 0 Å². The largest absolute Gasteiger partial charge is 0.331 e. The maximum absolute atomic E-state index is 4.98. The van der Waals surface area contributed by atoms with E-state index in [1.54, 1.807) is 5.69 Å². The molecule has 0 spiro atoms. The second-order valence-electron chi connectivity index (χ2n) is 7.25. The van der Waals surface area contributed by atoms with Crippen molar-refractivity contribution in [3.05, 3.63) is 17.2 Å². The van der Waals surface area contributed by atoms with Crippen LogP contribution in [0.15, 0.2) is 0 Å². The lowest BCUT2D eigenvalue weighted by Crippen LogP contribution is -2.31. The molecule has 0 aromatic carbocycles. The Bertz CT molecular complexity index is 495. The summed E-state index contributed by atoms with van der Waals surface area (Å²) in [5, 5.41) is 3.47. The van der Waals surface area contributed by atoms with Gasteiger partial charge in [0, 0.05) is 37.7 Å². The van der Waals surface area contributed by atoms with Crippen LogP contribution in [0.5, 0.6) is 0 Å². The van der Waals surface area contributed by atoms with Gasteiger partial charge in [0.25, 0.3) is 0 Å². The highest BCUT2D eigenvalue weighted by Crippen LogP contribution is 2.40. The van der Waals surface area contributed by atoms with Gasteiger partial charge in [-0.25, -0.2) is 4.98 Å². The molecule has 4 heteroatoms. The Balaban J connectivity index is 1.47. The second kappa shape index (κ2) is 5.73. The van der Waals surface area contributed by atoms with Crippen LogP contribution < -0.4 is 5.32 Å². The number of hydrogen-bond donors (Lipinski definition) is 1. The number of nitrogens with one attached hydrogen (secondary N) is 1. The van der Waals surface area contributed by atoms with Gasteiger partial charge in [-0.05, 0) is 58.2 Å². The smallest absolute Gasteiger partial charge is 0.112 e. The van der Waals surface area contributed by atoms with E-state index in [4.69, 9.17) is 4.98 Å². The fourth-order valence-electron chi connectivity index (χ4n) is 3.96. The first kappa shape index (κ1) is 13.8. The Kier molecular flexibility index (Phi) is 3.76. The van der Waals surface area contributed by atoms with Crippen LogP contribution in [0.4, 0.5) is 0 Å². The van der Waals surface area contributed by atoms with Crippen molar-refractivity contribution in [2.75, 3.05) is 26.7 Å². The summed E-state index contributed by atoms with van der Waals surface area (Å²) < 4.78 is 2.62.